The predicted octanol–water partition coefficient (Wildman–Crippen LogP) is 6.60. The molecule has 1 aliphatic carbocycles. The number of benzene rings is 2. The summed E-state index contributed by atoms with van der Waals surface area (Å²) in [5.74, 6) is 0.127. The van der Waals surface area contributed by atoms with Crippen LogP contribution >= 0.6 is 0 Å². The summed E-state index contributed by atoms with van der Waals surface area (Å²) in [7, 11) is 1.41. The van der Waals surface area contributed by atoms with Gasteiger partial charge >= 0.3 is 6.18 Å². The Balaban J connectivity index is 1.66. The zero-order valence-electron chi connectivity index (χ0n) is 23.4. The van der Waals surface area contributed by atoms with Gasteiger partial charge in [-0.25, -0.2) is 9.37 Å². The Hall–Kier alpha value is -3.50. The van der Waals surface area contributed by atoms with Gasteiger partial charge in [-0.05, 0) is 106 Å². The fourth-order valence-corrected chi connectivity index (χ4v) is 4.37. The fourth-order valence-electron chi connectivity index (χ4n) is 4.37. The normalized spacial score (nSPS) is 15.4. The number of hydrogen-bond donors (Lipinski definition) is 2. The summed E-state index contributed by atoms with van der Waals surface area (Å²) in [6.45, 7) is 5.25. The maximum absolute atomic E-state index is 14.5. The first-order chi connectivity index (χ1) is 19.1. The molecule has 1 aliphatic rings. The first kappa shape index (κ1) is 30.5. The van der Waals surface area contributed by atoms with E-state index in [1.54, 1.807) is 19.9 Å². The zero-order chi connectivity index (χ0) is 30.2. The molecule has 3 aromatic rings. The second-order valence-corrected chi connectivity index (χ2v) is 11.2. The second-order valence-electron chi connectivity index (χ2n) is 11.2. The van der Waals surface area contributed by atoms with Crippen molar-refractivity contribution < 1.29 is 36.9 Å². The number of carbonyl (C=O) groups excluding carboxylic acids is 1. The summed E-state index contributed by atoms with van der Waals surface area (Å²) >= 11 is 0. The number of aliphatic hydroxyl groups is 1. The molecular formula is C31H34F4N2O4. The third kappa shape index (κ3) is 6.87. The number of nitrogens with two attached hydrogens (primary N) is 1. The van der Waals surface area contributed by atoms with Crippen LogP contribution in [-0.2, 0) is 11.1 Å². The van der Waals surface area contributed by atoms with Gasteiger partial charge in [0.1, 0.15) is 5.82 Å². The molecule has 1 unspecified atom stereocenters. The van der Waals surface area contributed by atoms with Crippen LogP contribution in [0.4, 0.5) is 17.6 Å². The summed E-state index contributed by atoms with van der Waals surface area (Å²) in [6.07, 6.45) is -4.61. The van der Waals surface area contributed by atoms with Gasteiger partial charge in [0, 0.05) is 23.1 Å². The highest BCUT2D eigenvalue weighted by molar-refractivity contribution is 5.96. The van der Waals surface area contributed by atoms with E-state index in [9.17, 15) is 27.5 Å². The lowest BCUT2D eigenvalue weighted by molar-refractivity contribution is -0.270. The Bertz CT molecular complexity index is 1430. The molecule has 1 heterocycles. The van der Waals surface area contributed by atoms with Gasteiger partial charge in [0.05, 0.1) is 25.1 Å². The molecule has 3 N–H and O–H groups in total. The maximum Gasteiger partial charge on any atom is 0.422 e. The van der Waals surface area contributed by atoms with Crippen molar-refractivity contribution in [1.82, 2.24) is 4.98 Å². The first-order valence-electron chi connectivity index (χ1n) is 13.3. The van der Waals surface area contributed by atoms with Crippen molar-refractivity contribution in [3.8, 4) is 22.8 Å². The minimum Gasteiger partial charge on any atom is -0.493 e. The van der Waals surface area contributed by atoms with Gasteiger partial charge in [-0.2, -0.15) is 13.2 Å². The molecule has 0 amide bonds. The highest BCUT2D eigenvalue weighted by Crippen LogP contribution is 2.44. The lowest BCUT2D eigenvalue weighted by Gasteiger charge is -2.32. The molecule has 2 aromatic carbocycles. The molecule has 1 atom stereocenters. The minimum absolute atomic E-state index is 0.0830. The Labute approximate surface area is 236 Å². The number of carbonyl (C=O) groups is 1. The number of aryl methyl sites for hydroxylation is 1. The zero-order valence-corrected chi connectivity index (χ0v) is 23.4. The van der Waals surface area contributed by atoms with Crippen LogP contribution in [0.15, 0.2) is 48.5 Å². The van der Waals surface area contributed by atoms with Crippen molar-refractivity contribution >= 4 is 5.78 Å². The van der Waals surface area contributed by atoms with Crippen molar-refractivity contribution in [2.24, 2.45) is 11.7 Å². The highest BCUT2D eigenvalue weighted by atomic mass is 19.4. The standard InChI is InChI=1S/C31H34F4N2O4/c1-18-13-20(7-9-23(18)32)24-15-22(29(2,3)36)16-28(37-24)30(39,31(33,34)35)12-11-25(38)21-8-10-26(27(14-21)40-4)41-17-19-5-6-19/h7-10,13-16,19,39H,5-6,11-12,17,36H2,1-4H3. The number of pyridine rings is 1. The molecule has 0 radical (unpaired) electrons. The van der Waals surface area contributed by atoms with E-state index in [1.165, 1.54) is 50.4 Å². The van der Waals surface area contributed by atoms with Crippen molar-refractivity contribution in [2.75, 3.05) is 13.7 Å². The van der Waals surface area contributed by atoms with Crippen LogP contribution in [0.1, 0.15) is 66.7 Å². The summed E-state index contributed by atoms with van der Waals surface area (Å²) in [5, 5.41) is 11.2. The van der Waals surface area contributed by atoms with E-state index >= 15 is 0 Å². The topological polar surface area (TPSA) is 94.7 Å². The lowest BCUT2D eigenvalue weighted by Crippen LogP contribution is -2.44. The molecule has 6 nitrogen and oxygen atoms in total. The molecule has 220 valence electrons. The molecule has 1 saturated carbocycles. The van der Waals surface area contributed by atoms with Crippen molar-refractivity contribution in [2.45, 2.75) is 63.8 Å². The smallest absolute Gasteiger partial charge is 0.422 e. The number of hydrogen-bond acceptors (Lipinski definition) is 6. The first-order valence-corrected chi connectivity index (χ1v) is 13.3. The Morgan fingerprint density at radius 3 is 2.37 bits per heavy atom. The van der Waals surface area contributed by atoms with Crippen molar-refractivity contribution in [1.29, 1.82) is 0 Å². The van der Waals surface area contributed by atoms with E-state index in [0.717, 1.165) is 18.9 Å². The Morgan fingerprint density at radius 1 is 1.07 bits per heavy atom. The molecule has 1 fully saturated rings. The third-order valence-corrected chi connectivity index (χ3v) is 7.29. The molecule has 4 rings (SSSR count). The molecule has 10 heteroatoms. The summed E-state index contributed by atoms with van der Waals surface area (Å²) in [4.78, 5) is 17.2. The van der Waals surface area contributed by atoms with Crippen molar-refractivity contribution in [3.05, 3.63) is 76.7 Å². The van der Waals surface area contributed by atoms with E-state index in [0.29, 0.717) is 29.6 Å². The van der Waals surface area contributed by atoms with E-state index in [4.69, 9.17) is 15.2 Å². The number of halogens is 4. The maximum atomic E-state index is 14.5. The van der Waals surface area contributed by atoms with Crippen LogP contribution in [0.5, 0.6) is 11.5 Å². The third-order valence-electron chi connectivity index (χ3n) is 7.29. The number of aromatic nitrogens is 1. The summed E-state index contributed by atoms with van der Waals surface area (Å²) < 4.78 is 68.5. The van der Waals surface area contributed by atoms with Gasteiger partial charge in [-0.1, -0.05) is 0 Å². The summed E-state index contributed by atoms with van der Waals surface area (Å²) in [5.41, 5.74) is 2.08. The number of alkyl halides is 3. The van der Waals surface area contributed by atoms with E-state index < -0.39 is 47.5 Å². The van der Waals surface area contributed by atoms with Crippen LogP contribution in [-0.4, -0.2) is 35.8 Å². The average Bonchev–Trinajstić information content (AvgIpc) is 3.75. The van der Waals surface area contributed by atoms with Crippen LogP contribution in [0.2, 0.25) is 0 Å². The SMILES string of the molecule is COc1cc(C(=O)CCC(O)(c2cc(C(C)(C)N)cc(-c3ccc(F)c(C)c3)n2)C(F)(F)F)ccc1OCC1CC1. The van der Waals surface area contributed by atoms with Gasteiger partial charge < -0.3 is 20.3 Å². The Kier molecular flexibility index (Phi) is 8.47. The number of ether oxygens (including phenoxy) is 2. The van der Waals surface area contributed by atoms with Crippen LogP contribution in [0.25, 0.3) is 11.3 Å². The van der Waals surface area contributed by atoms with E-state index in [-0.39, 0.29) is 22.4 Å². The number of Topliss-reactive ketones (excluding diaryl/α,β-unsaturated/α-hetero) is 1. The predicted molar refractivity (Wildman–Crippen MR) is 146 cm³/mol. The van der Waals surface area contributed by atoms with Crippen LogP contribution in [0.3, 0.4) is 0 Å². The average molecular weight is 575 g/mol. The number of rotatable bonds is 11. The molecular weight excluding hydrogens is 540 g/mol. The van der Waals surface area contributed by atoms with Crippen LogP contribution < -0.4 is 15.2 Å². The molecule has 1 aromatic heterocycles. The molecule has 41 heavy (non-hydrogen) atoms. The van der Waals surface area contributed by atoms with Gasteiger partial charge in [-0.3, -0.25) is 4.79 Å². The quantitative estimate of drug-likeness (QED) is 0.198. The highest BCUT2D eigenvalue weighted by Gasteiger charge is 2.56. The molecule has 0 saturated heterocycles. The largest absolute Gasteiger partial charge is 0.493 e. The molecule has 0 spiro atoms. The fraction of sp³-hybridized carbons (Fsp3) is 0.419. The number of methoxy groups -OCH3 is 1. The Morgan fingerprint density at radius 2 is 1.78 bits per heavy atom. The monoisotopic (exact) mass is 574 g/mol. The van der Waals surface area contributed by atoms with Crippen LogP contribution in [0, 0.1) is 18.7 Å². The van der Waals surface area contributed by atoms with Gasteiger partial charge in [0.15, 0.2) is 17.3 Å². The summed E-state index contributed by atoms with van der Waals surface area (Å²) in [6, 6.07) is 11.1. The molecule has 0 bridgehead atoms. The lowest BCUT2D eigenvalue weighted by atomic mass is 9.86. The van der Waals surface area contributed by atoms with E-state index in [1.807, 2.05) is 0 Å². The minimum atomic E-state index is -5.17. The van der Waals surface area contributed by atoms with Gasteiger partial charge in [-0.15, -0.1) is 0 Å². The van der Waals surface area contributed by atoms with Gasteiger partial charge in [0.25, 0.3) is 0 Å². The van der Waals surface area contributed by atoms with Gasteiger partial charge in [0.2, 0.25) is 5.60 Å². The van der Waals surface area contributed by atoms with Crippen molar-refractivity contribution in [3.63, 3.8) is 0 Å². The second kappa shape index (κ2) is 11.4. The molecule has 0 aliphatic heterocycles. The number of nitrogens with zero attached hydrogens (tertiary/aromatic N) is 1. The van der Waals surface area contributed by atoms with E-state index in [2.05, 4.69) is 4.98 Å². The number of ketones is 1.